The van der Waals surface area contributed by atoms with Gasteiger partial charge in [-0.05, 0) is 31.4 Å². The van der Waals surface area contributed by atoms with E-state index >= 15 is 0 Å². The van der Waals surface area contributed by atoms with E-state index in [0.717, 1.165) is 16.3 Å². The predicted octanol–water partition coefficient (Wildman–Crippen LogP) is 3.38. The first-order valence-electron chi connectivity index (χ1n) is 5.20. The van der Waals surface area contributed by atoms with Gasteiger partial charge >= 0.3 is 0 Å². The molecule has 0 radical (unpaired) electrons. The zero-order valence-electron chi connectivity index (χ0n) is 9.40. The minimum Gasteiger partial charge on any atom is -0.289 e. The van der Waals surface area contributed by atoms with E-state index in [1.807, 2.05) is 38.1 Å². The smallest absolute Gasteiger partial charge is 0.186 e. The summed E-state index contributed by atoms with van der Waals surface area (Å²) in [5.74, 6) is 0.0404. The highest BCUT2D eigenvalue weighted by atomic mass is 16.1. The van der Waals surface area contributed by atoms with Crippen molar-refractivity contribution in [3.63, 3.8) is 0 Å². The molecule has 1 aromatic carbocycles. The van der Waals surface area contributed by atoms with E-state index in [4.69, 9.17) is 0 Å². The molecular weight excluding hydrogens is 198 g/mol. The van der Waals surface area contributed by atoms with Gasteiger partial charge in [0.1, 0.15) is 0 Å². The van der Waals surface area contributed by atoms with E-state index in [1.54, 1.807) is 18.5 Å². The molecule has 0 saturated carbocycles. The highest BCUT2D eigenvalue weighted by Gasteiger charge is 2.06. The molecule has 0 atom stereocenters. The Bertz CT molecular complexity index is 560. The summed E-state index contributed by atoms with van der Waals surface area (Å²) in [5.41, 5.74) is 1.72. The topological polar surface area (TPSA) is 30.0 Å². The Labute approximate surface area is 94.6 Å². The lowest BCUT2D eigenvalue weighted by Crippen LogP contribution is -1.96. The third-order valence-corrected chi connectivity index (χ3v) is 2.37. The average Bonchev–Trinajstić information content (AvgIpc) is 2.27. The lowest BCUT2D eigenvalue weighted by molar-refractivity contribution is 0.104. The lowest BCUT2D eigenvalue weighted by atomic mass is 10.0. The number of hydrogen-bond acceptors (Lipinski definition) is 2. The molecule has 0 aliphatic carbocycles. The molecule has 0 spiro atoms. The normalized spacial score (nSPS) is 10.1. The van der Waals surface area contributed by atoms with Gasteiger partial charge in [-0.1, -0.05) is 23.8 Å². The summed E-state index contributed by atoms with van der Waals surface area (Å²) in [5, 5.41) is 1.95. The van der Waals surface area contributed by atoms with Crippen molar-refractivity contribution in [2.45, 2.75) is 13.8 Å². The number of carbonyl (C=O) groups excluding carboxylic acids is 1. The first kappa shape index (κ1) is 10.6. The maximum atomic E-state index is 12.0. The van der Waals surface area contributed by atoms with Gasteiger partial charge in [-0.15, -0.1) is 0 Å². The van der Waals surface area contributed by atoms with Crippen molar-refractivity contribution < 1.29 is 4.79 Å². The van der Waals surface area contributed by atoms with Crippen molar-refractivity contribution in [3.05, 3.63) is 53.9 Å². The third-order valence-electron chi connectivity index (χ3n) is 2.37. The van der Waals surface area contributed by atoms with Crippen molar-refractivity contribution in [2.75, 3.05) is 0 Å². The van der Waals surface area contributed by atoms with E-state index in [9.17, 15) is 4.79 Å². The van der Waals surface area contributed by atoms with Crippen LogP contribution in [0.15, 0.2) is 48.3 Å². The Morgan fingerprint density at radius 2 is 2.06 bits per heavy atom. The van der Waals surface area contributed by atoms with Crippen LogP contribution in [0.3, 0.4) is 0 Å². The van der Waals surface area contributed by atoms with Crippen LogP contribution in [0.4, 0.5) is 0 Å². The molecule has 0 saturated heterocycles. The van der Waals surface area contributed by atoms with Gasteiger partial charge in [0, 0.05) is 23.3 Å². The number of benzene rings is 1. The average molecular weight is 211 g/mol. The summed E-state index contributed by atoms with van der Waals surface area (Å²) < 4.78 is 0. The molecule has 1 aromatic heterocycles. The van der Waals surface area contributed by atoms with E-state index in [0.29, 0.717) is 5.56 Å². The van der Waals surface area contributed by atoms with E-state index < -0.39 is 0 Å². The monoisotopic (exact) mass is 211 g/mol. The van der Waals surface area contributed by atoms with Gasteiger partial charge in [-0.25, -0.2) is 0 Å². The summed E-state index contributed by atoms with van der Waals surface area (Å²) in [7, 11) is 0. The van der Waals surface area contributed by atoms with Gasteiger partial charge in [-0.3, -0.25) is 9.78 Å². The Morgan fingerprint density at radius 3 is 2.81 bits per heavy atom. The molecule has 0 bridgehead atoms. The standard InChI is InChI=1S/C14H13NO/c1-10(2)8-14(16)12-5-3-4-11-6-7-15-9-13(11)12/h3-9H,1-2H3. The van der Waals surface area contributed by atoms with Crippen molar-refractivity contribution in [3.8, 4) is 0 Å². The molecule has 2 rings (SSSR count). The Hall–Kier alpha value is -1.96. The molecule has 0 fully saturated rings. The summed E-state index contributed by atoms with van der Waals surface area (Å²) in [6, 6.07) is 7.63. The molecule has 1 heterocycles. The zero-order valence-corrected chi connectivity index (χ0v) is 9.40. The van der Waals surface area contributed by atoms with Crippen LogP contribution in [0, 0.1) is 0 Å². The maximum Gasteiger partial charge on any atom is 0.186 e. The van der Waals surface area contributed by atoms with Crippen LogP contribution in [-0.2, 0) is 0 Å². The Morgan fingerprint density at radius 1 is 1.25 bits per heavy atom. The minimum atomic E-state index is 0.0404. The zero-order chi connectivity index (χ0) is 11.5. The van der Waals surface area contributed by atoms with Gasteiger partial charge in [-0.2, -0.15) is 0 Å². The summed E-state index contributed by atoms with van der Waals surface area (Å²) in [6.07, 6.45) is 5.13. The van der Waals surface area contributed by atoms with Crippen molar-refractivity contribution >= 4 is 16.6 Å². The molecule has 0 aliphatic rings. The van der Waals surface area contributed by atoms with Gasteiger partial charge < -0.3 is 0 Å². The first-order chi connectivity index (χ1) is 7.68. The molecule has 16 heavy (non-hydrogen) atoms. The molecular formula is C14H13NO. The number of fused-ring (bicyclic) bond motifs is 1. The number of aromatic nitrogens is 1. The number of allylic oxidation sites excluding steroid dienone is 2. The van der Waals surface area contributed by atoms with Crippen molar-refractivity contribution in [1.82, 2.24) is 4.98 Å². The van der Waals surface area contributed by atoms with Crippen LogP contribution in [0.2, 0.25) is 0 Å². The molecule has 0 N–H and O–H groups in total. The minimum absolute atomic E-state index is 0.0404. The van der Waals surface area contributed by atoms with Crippen LogP contribution in [0.5, 0.6) is 0 Å². The Balaban J connectivity index is 2.61. The number of nitrogens with zero attached hydrogens (tertiary/aromatic N) is 1. The lowest BCUT2D eigenvalue weighted by Gasteiger charge is -2.02. The van der Waals surface area contributed by atoms with Crippen LogP contribution in [-0.4, -0.2) is 10.8 Å². The summed E-state index contributed by atoms with van der Waals surface area (Å²) in [6.45, 7) is 3.84. The van der Waals surface area contributed by atoms with Crippen molar-refractivity contribution in [1.29, 1.82) is 0 Å². The summed E-state index contributed by atoms with van der Waals surface area (Å²) >= 11 is 0. The van der Waals surface area contributed by atoms with Crippen LogP contribution >= 0.6 is 0 Å². The van der Waals surface area contributed by atoms with Crippen LogP contribution in [0.25, 0.3) is 10.8 Å². The first-order valence-corrected chi connectivity index (χ1v) is 5.20. The SMILES string of the molecule is CC(C)=CC(=O)c1cccc2ccncc12. The Kier molecular flexibility index (Phi) is 2.82. The van der Waals surface area contributed by atoms with Gasteiger partial charge in [0.05, 0.1) is 0 Å². The molecule has 2 aromatic rings. The molecule has 0 unspecified atom stereocenters. The second-order valence-electron chi connectivity index (χ2n) is 3.99. The quantitative estimate of drug-likeness (QED) is 0.563. The summed E-state index contributed by atoms with van der Waals surface area (Å²) in [4.78, 5) is 16.0. The van der Waals surface area contributed by atoms with Crippen molar-refractivity contribution in [2.24, 2.45) is 0 Å². The fraction of sp³-hybridized carbons (Fsp3) is 0.143. The van der Waals surface area contributed by atoms with E-state index in [1.165, 1.54) is 0 Å². The van der Waals surface area contributed by atoms with Crippen LogP contribution in [0.1, 0.15) is 24.2 Å². The highest BCUT2D eigenvalue weighted by molar-refractivity contribution is 6.13. The van der Waals surface area contributed by atoms with E-state index in [-0.39, 0.29) is 5.78 Å². The molecule has 0 amide bonds. The second kappa shape index (κ2) is 4.27. The number of ketones is 1. The predicted molar refractivity (Wildman–Crippen MR) is 65.5 cm³/mol. The molecule has 0 aliphatic heterocycles. The van der Waals surface area contributed by atoms with Gasteiger partial charge in [0.25, 0.3) is 0 Å². The fourth-order valence-corrected chi connectivity index (χ4v) is 1.67. The van der Waals surface area contributed by atoms with Gasteiger partial charge in [0.2, 0.25) is 0 Å². The van der Waals surface area contributed by atoms with Crippen LogP contribution < -0.4 is 0 Å². The maximum absolute atomic E-state index is 12.0. The third kappa shape index (κ3) is 2.01. The molecule has 2 heteroatoms. The largest absolute Gasteiger partial charge is 0.289 e. The number of hydrogen-bond donors (Lipinski definition) is 0. The number of pyridine rings is 1. The van der Waals surface area contributed by atoms with Gasteiger partial charge in [0.15, 0.2) is 5.78 Å². The molecule has 80 valence electrons. The van der Waals surface area contributed by atoms with E-state index in [2.05, 4.69) is 4.98 Å². The number of carbonyl (C=O) groups is 1. The molecule has 2 nitrogen and oxygen atoms in total. The second-order valence-corrected chi connectivity index (χ2v) is 3.99. The highest BCUT2D eigenvalue weighted by Crippen LogP contribution is 2.18. The fourth-order valence-electron chi connectivity index (χ4n) is 1.67. The number of rotatable bonds is 2.